The van der Waals surface area contributed by atoms with E-state index in [0.717, 1.165) is 22.5 Å². The lowest BCUT2D eigenvalue weighted by Gasteiger charge is -2.43. The van der Waals surface area contributed by atoms with E-state index in [0.29, 0.717) is 0 Å². The van der Waals surface area contributed by atoms with E-state index in [1.54, 1.807) is 0 Å². The number of rotatable bonds is 6. The van der Waals surface area contributed by atoms with E-state index < -0.39 is 5.41 Å². The molecule has 8 aromatic rings. The fourth-order valence-electron chi connectivity index (χ4n) is 9.64. The molecular weight excluding hydrogens is 759 g/mol. The lowest BCUT2D eigenvalue weighted by Crippen LogP contribution is -2.35. The second-order valence-corrected chi connectivity index (χ2v) is 16.7. The molecule has 0 bridgehead atoms. The molecule has 0 aromatic heterocycles. The van der Waals surface area contributed by atoms with Gasteiger partial charge in [-0.15, -0.1) is 0 Å². The molecule has 0 radical (unpaired) electrons. The van der Waals surface area contributed by atoms with Gasteiger partial charge in [0.2, 0.25) is 0 Å². The molecule has 1 spiro atoms. The van der Waals surface area contributed by atoms with Crippen molar-refractivity contribution in [1.82, 2.24) is 0 Å². The summed E-state index contributed by atoms with van der Waals surface area (Å²) in [6, 6.07) is 65.1. The Morgan fingerprint density at radius 3 is 1.86 bits per heavy atom. The third kappa shape index (κ3) is 7.57. The minimum Gasteiger partial charge on any atom is -0.254 e. The van der Waals surface area contributed by atoms with Crippen LogP contribution >= 0.6 is 0 Å². The van der Waals surface area contributed by atoms with Gasteiger partial charge in [0, 0.05) is 11.3 Å². The highest BCUT2D eigenvalue weighted by molar-refractivity contribution is 6.13. The first kappa shape index (κ1) is 40.8. The maximum atomic E-state index is 4.74. The van der Waals surface area contributed by atoms with Gasteiger partial charge in [0.1, 0.15) is 0 Å². The third-order valence-electron chi connectivity index (χ3n) is 12.5. The highest BCUT2D eigenvalue weighted by atomic mass is 14.7. The predicted molar refractivity (Wildman–Crippen MR) is 271 cm³/mol. The van der Waals surface area contributed by atoms with Crippen molar-refractivity contribution in [2.45, 2.75) is 33.1 Å². The van der Waals surface area contributed by atoms with Crippen LogP contribution in [0.5, 0.6) is 0 Å². The Bertz CT molecular complexity index is 3150. The maximum Gasteiger partial charge on any atom is 0.0713 e. The summed E-state index contributed by atoms with van der Waals surface area (Å²) in [4.78, 5) is 4.66. The summed E-state index contributed by atoms with van der Waals surface area (Å²) in [5, 5.41) is 2.64. The number of fused-ring (bicyclic) bond motifs is 6. The van der Waals surface area contributed by atoms with Gasteiger partial charge in [-0.05, 0) is 128 Å². The average molecular weight is 810 g/mol. The van der Waals surface area contributed by atoms with Crippen molar-refractivity contribution in [2.75, 3.05) is 0 Å². The molecule has 8 aromatic carbocycles. The summed E-state index contributed by atoms with van der Waals surface area (Å²) in [7, 11) is 0. The molecule has 0 saturated heterocycles. The number of allylic oxidation sites excluding steroid dienone is 7. The van der Waals surface area contributed by atoms with Crippen molar-refractivity contribution >= 4 is 28.1 Å². The number of aliphatic imine (C=N–C) groups is 1. The summed E-state index contributed by atoms with van der Waals surface area (Å²) in [6.45, 7) is 17.2. The zero-order chi connectivity index (χ0) is 43.5. The highest BCUT2D eigenvalue weighted by Gasteiger charge is 2.45. The van der Waals surface area contributed by atoms with Crippen molar-refractivity contribution in [3.63, 3.8) is 0 Å². The topological polar surface area (TPSA) is 12.4 Å². The molecule has 1 heteroatoms. The van der Waals surface area contributed by atoms with E-state index in [9.17, 15) is 0 Å². The highest BCUT2D eigenvalue weighted by Crippen LogP contribution is 2.57. The fraction of sp³-hybridized carbons (Fsp3) is 0.0806. The standard InChI is InChI=1S/C37H28.C25H23N/c1-24-13-4-8-17-28(24)35-25(2)23-31-29-18-9-11-21-33(29)37(34-22-12-19-30(35)36(31)34)26(3)14-5-6-15-27-16-7-10-20-32(27)37;1-19(2)26-25(18-20(3)21-10-6-4-7-11-21)24-16-14-23(15-17-24)22-12-8-5-9-13-22/h4-23H,3H2,1-2H3;4-18H,1H2,2-3H3/b14-5-,15-6-;20-18+,26-25?. The molecule has 1 unspecified atom stereocenters. The maximum absolute atomic E-state index is 4.74. The fourth-order valence-corrected chi connectivity index (χ4v) is 9.64. The lowest BCUT2D eigenvalue weighted by molar-refractivity contribution is 0.749. The summed E-state index contributed by atoms with van der Waals surface area (Å²) in [6.07, 6.45) is 10.8. The Balaban J connectivity index is 0.000000171. The largest absolute Gasteiger partial charge is 0.254 e. The van der Waals surface area contributed by atoms with Crippen LogP contribution in [0, 0.1) is 13.8 Å². The van der Waals surface area contributed by atoms with Crippen LogP contribution in [-0.4, -0.2) is 5.71 Å². The van der Waals surface area contributed by atoms with E-state index in [-0.39, 0.29) is 0 Å². The molecule has 63 heavy (non-hydrogen) atoms. The predicted octanol–water partition coefficient (Wildman–Crippen LogP) is 16.4. The number of hydrogen-bond donors (Lipinski definition) is 0. The van der Waals surface area contributed by atoms with Gasteiger partial charge in [0.25, 0.3) is 0 Å². The van der Waals surface area contributed by atoms with Crippen LogP contribution in [0.1, 0.15) is 58.4 Å². The Kier molecular flexibility index (Phi) is 11.3. The smallest absolute Gasteiger partial charge is 0.0713 e. The summed E-state index contributed by atoms with van der Waals surface area (Å²) >= 11 is 0. The van der Waals surface area contributed by atoms with Gasteiger partial charge >= 0.3 is 0 Å². The molecule has 2 aliphatic rings. The van der Waals surface area contributed by atoms with Crippen LogP contribution < -0.4 is 0 Å². The van der Waals surface area contributed by atoms with Gasteiger partial charge < -0.3 is 0 Å². The first-order valence-electron chi connectivity index (χ1n) is 21.8. The summed E-state index contributed by atoms with van der Waals surface area (Å²) in [5.74, 6) is 0. The van der Waals surface area contributed by atoms with Crippen molar-refractivity contribution in [3.05, 3.63) is 275 Å². The first-order valence-corrected chi connectivity index (χ1v) is 21.8. The van der Waals surface area contributed by atoms with Crippen molar-refractivity contribution in [3.8, 4) is 33.4 Å². The average Bonchev–Trinajstić information content (AvgIpc) is 3.31. The first-order chi connectivity index (χ1) is 30.8. The van der Waals surface area contributed by atoms with Gasteiger partial charge in [-0.25, -0.2) is 0 Å². The van der Waals surface area contributed by atoms with Gasteiger partial charge in [0.15, 0.2) is 0 Å². The molecule has 304 valence electrons. The second-order valence-electron chi connectivity index (χ2n) is 16.7. The van der Waals surface area contributed by atoms with Gasteiger partial charge in [-0.3, -0.25) is 4.99 Å². The van der Waals surface area contributed by atoms with Crippen LogP contribution in [0.25, 0.3) is 55.8 Å². The van der Waals surface area contributed by atoms with Crippen LogP contribution in [0.4, 0.5) is 0 Å². The Morgan fingerprint density at radius 2 is 1.13 bits per heavy atom. The summed E-state index contributed by atoms with van der Waals surface area (Å²) < 4.78 is 0. The SMILES string of the molecule is C=C(C)N=C(/C=C(\C)c1ccccc1)c1ccc(-c2ccccc2)cc1.C=C1/C=C\C=C/c2ccccc2C12c1ccccc1-c1cc(C)c(-c3ccccc3C)c3cccc2c13. The molecule has 0 fully saturated rings. The Hall–Kier alpha value is -7.61. The minimum atomic E-state index is -0.487. The number of aryl methyl sites for hydroxylation is 2. The van der Waals surface area contributed by atoms with E-state index in [4.69, 9.17) is 6.58 Å². The zero-order valence-electron chi connectivity index (χ0n) is 36.6. The van der Waals surface area contributed by atoms with E-state index in [2.05, 4.69) is 233 Å². The van der Waals surface area contributed by atoms with Crippen LogP contribution in [0.15, 0.2) is 236 Å². The van der Waals surface area contributed by atoms with Gasteiger partial charge in [-0.2, -0.15) is 0 Å². The van der Waals surface area contributed by atoms with Gasteiger partial charge in [0.05, 0.1) is 11.1 Å². The number of hydrogen-bond acceptors (Lipinski definition) is 1. The molecule has 0 heterocycles. The quantitative estimate of drug-likeness (QED) is 0.148. The molecule has 0 saturated carbocycles. The number of benzene rings is 8. The number of nitrogens with zero attached hydrogens (tertiary/aromatic N) is 1. The van der Waals surface area contributed by atoms with E-state index in [1.807, 2.05) is 19.1 Å². The molecule has 1 nitrogen and oxygen atoms in total. The molecule has 0 aliphatic heterocycles. The minimum absolute atomic E-state index is 0.487. The molecule has 1 atom stereocenters. The third-order valence-corrected chi connectivity index (χ3v) is 12.5. The molecule has 10 rings (SSSR count). The van der Waals surface area contributed by atoms with Crippen molar-refractivity contribution in [2.24, 2.45) is 4.99 Å². The van der Waals surface area contributed by atoms with E-state index >= 15 is 0 Å². The lowest BCUT2D eigenvalue weighted by atomic mass is 9.58. The van der Waals surface area contributed by atoms with Crippen LogP contribution in [-0.2, 0) is 5.41 Å². The summed E-state index contributed by atoms with van der Waals surface area (Å²) in [5.41, 5.74) is 21.2. The molecule has 0 amide bonds. The second kappa shape index (κ2) is 17.4. The van der Waals surface area contributed by atoms with Crippen molar-refractivity contribution in [1.29, 1.82) is 0 Å². The van der Waals surface area contributed by atoms with Crippen LogP contribution in [0.3, 0.4) is 0 Å². The zero-order valence-corrected chi connectivity index (χ0v) is 36.6. The van der Waals surface area contributed by atoms with Gasteiger partial charge in [-0.1, -0.05) is 219 Å². The molecule has 2 aliphatic carbocycles. The van der Waals surface area contributed by atoms with E-state index in [1.165, 1.54) is 88.7 Å². The normalized spacial score (nSPS) is 16.2. The van der Waals surface area contributed by atoms with Crippen LogP contribution in [0.2, 0.25) is 0 Å². The Labute approximate surface area is 373 Å². The van der Waals surface area contributed by atoms with Crippen molar-refractivity contribution < 1.29 is 0 Å². The Morgan fingerprint density at radius 1 is 0.524 bits per heavy atom. The molecule has 0 N–H and O–H groups in total. The monoisotopic (exact) mass is 809 g/mol. The molecular formula is C62H51N.